The van der Waals surface area contributed by atoms with Gasteiger partial charge < -0.3 is 9.64 Å². The predicted octanol–water partition coefficient (Wildman–Crippen LogP) is 4.26. The first kappa shape index (κ1) is 19.1. The van der Waals surface area contributed by atoms with Gasteiger partial charge in [0, 0.05) is 33.7 Å². The first-order chi connectivity index (χ1) is 12.9. The number of pyridine rings is 1. The Labute approximate surface area is 166 Å². The van der Waals surface area contributed by atoms with Crippen molar-refractivity contribution < 1.29 is 14.3 Å². The molecule has 5 nitrogen and oxygen atoms in total. The Morgan fingerprint density at radius 3 is 2.52 bits per heavy atom. The van der Waals surface area contributed by atoms with Gasteiger partial charge in [0.15, 0.2) is 0 Å². The van der Waals surface area contributed by atoms with Gasteiger partial charge in [-0.2, -0.15) is 0 Å². The van der Waals surface area contributed by atoms with Crippen molar-refractivity contribution in [1.29, 1.82) is 0 Å². The van der Waals surface area contributed by atoms with Gasteiger partial charge in [0.25, 0.3) is 5.91 Å². The lowest BCUT2D eigenvalue weighted by molar-refractivity contribution is -0.136. The third-order valence-corrected chi connectivity index (χ3v) is 4.91. The zero-order valence-corrected chi connectivity index (χ0v) is 16.2. The van der Waals surface area contributed by atoms with E-state index in [1.807, 2.05) is 6.07 Å². The molecule has 27 heavy (non-hydrogen) atoms. The second kappa shape index (κ2) is 7.94. The largest absolute Gasteiger partial charge is 0.465 e. The maximum absolute atomic E-state index is 13.1. The fraction of sp³-hybridized carbons (Fsp3) is 0.150. The number of halogens is 2. The smallest absolute Gasteiger partial charge is 0.340 e. The quantitative estimate of drug-likeness (QED) is 0.566. The molecule has 0 atom stereocenters. The highest BCUT2D eigenvalue weighted by molar-refractivity contribution is 6.37. The summed E-state index contributed by atoms with van der Waals surface area (Å²) < 4.78 is 4.89. The van der Waals surface area contributed by atoms with Crippen molar-refractivity contribution in [2.24, 2.45) is 0 Å². The Bertz CT molecular complexity index is 948. The van der Waals surface area contributed by atoms with E-state index in [0.717, 1.165) is 5.56 Å². The molecule has 1 aromatic carbocycles. The highest BCUT2D eigenvalue weighted by atomic mass is 35.5. The topological polar surface area (TPSA) is 59.5 Å². The molecule has 0 saturated carbocycles. The van der Waals surface area contributed by atoms with Crippen molar-refractivity contribution in [3.05, 3.63) is 80.7 Å². The van der Waals surface area contributed by atoms with E-state index in [2.05, 4.69) is 4.98 Å². The number of amides is 1. The minimum atomic E-state index is -0.594. The second-order valence-corrected chi connectivity index (χ2v) is 6.71. The van der Waals surface area contributed by atoms with Crippen molar-refractivity contribution in [1.82, 2.24) is 9.88 Å². The van der Waals surface area contributed by atoms with Crippen LogP contribution in [0.1, 0.15) is 18.1 Å². The molecule has 1 amide bonds. The average Bonchev–Trinajstić information content (AvgIpc) is 2.89. The molecule has 0 N–H and O–H groups in total. The van der Waals surface area contributed by atoms with E-state index in [9.17, 15) is 9.59 Å². The van der Waals surface area contributed by atoms with Crippen LogP contribution in [0.2, 0.25) is 10.0 Å². The number of esters is 1. The molecule has 3 rings (SSSR count). The molecule has 0 radical (unpaired) electrons. The molecule has 1 aliphatic heterocycles. The van der Waals surface area contributed by atoms with E-state index in [4.69, 9.17) is 27.9 Å². The summed E-state index contributed by atoms with van der Waals surface area (Å²) in [5.41, 5.74) is 2.21. The summed E-state index contributed by atoms with van der Waals surface area (Å²) in [4.78, 5) is 31.0. The third-order valence-electron chi connectivity index (χ3n) is 4.25. The summed E-state index contributed by atoms with van der Waals surface area (Å²) in [6, 6.07) is 8.69. The van der Waals surface area contributed by atoms with E-state index in [0.29, 0.717) is 21.3 Å². The van der Waals surface area contributed by atoms with Crippen LogP contribution in [0.25, 0.3) is 6.08 Å². The fourth-order valence-electron chi connectivity index (χ4n) is 2.89. The number of carbonyl (C=O) groups excluding carboxylic acids is 2. The maximum Gasteiger partial charge on any atom is 0.340 e. The second-order valence-electron chi connectivity index (χ2n) is 5.90. The Morgan fingerprint density at radius 2 is 1.93 bits per heavy atom. The molecule has 0 fully saturated rings. The van der Waals surface area contributed by atoms with Crippen LogP contribution in [0.4, 0.5) is 0 Å². The first-order valence-electron chi connectivity index (χ1n) is 8.10. The van der Waals surface area contributed by atoms with Crippen molar-refractivity contribution in [2.75, 3.05) is 7.11 Å². The molecule has 0 saturated heterocycles. The number of carbonyl (C=O) groups is 2. The fourth-order valence-corrected chi connectivity index (χ4v) is 3.39. The van der Waals surface area contributed by atoms with Crippen molar-refractivity contribution >= 4 is 41.2 Å². The number of hydrogen-bond acceptors (Lipinski definition) is 4. The summed E-state index contributed by atoms with van der Waals surface area (Å²) in [6.07, 6.45) is 4.86. The van der Waals surface area contributed by atoms with Crippen LogP contribution in [0.15, 0.2) is 59.6 Å². The monoisotopic (exact) mass is 402 g/mol. The van der Waals surface area contributed by atoms with E-state index < -0.39 is 5.97 Å². The van der Waals surface area contributed by atoms with E-state index in [-0.39, 0.29) is 23.6 Å². The van der Waals surface area contributed by atoms with Gasteiger partial charge in [0.05, 0.1) is 24.8 Å². The maximum atomic E-state index is 13.1. The molecule has 2 heterocycles. The number of rotatable bonds is 4. The van der Waals surface area contributed by atoms with Gasteiger partial charge in [-0.1, -0.05) is 35.3 Å². The molecule has 0 bridgehead atoms. The van der Waals surface area contributed by atoms with Crippen molar-refractivity contribution in [3.63, 3.8) is 0 Å². The van der Waals surface area contributed by atoms with Crippen LogP contribution in [0, 0.1) is 0 Å². The molecule has 1 aliphatic rings. The third kappa shape index (κ3) is 3.75. The number of methoxy groups -OCH3 is 1. The summed E-state index contributed by atoms with van der Waals surface area (Å²) in [7, 11) is 1.27. The van der Waals surface area contributed by atoms with Gasteiger partial charge in [-0.3, -0.25) is 9.78 Å². The zero-order chi connectivity index (χ0) is 19.6. The standard InChI is InChI=1S/C20H16Cl2N2O3/c1-12-18(20(26)27-2)15(9-14-16(21)6-3-7-17(14)22)19(25)24(12)11-13-5-4-8-23-10-13/h3-10H,11H2,1-2H3/b15-9-. The Kier molecular flexibility index (Phi) is 5.63. The van der Waals surface area contributed by atoms with Crippen LogP contribution in [-0.4, -0.2) is 28.9 Å². The molecule has 0 aliphatic carbocycles. The minimum Gasteiger partial charge on any atom is -0.465 e. The van der Waals surface area contributed by atoms with Crippen LogP contribution < -0.4 is 0 Å². The van der Waals surface area contributed by atoms with E-state index in [1.165, 1.54) is 18.1 Å². The molecule has 138 valence electrons. The van der Waals surface area contributed by atoms with Gasteiger partial charge in [-0.05, 0) is 36.8 Å². The highest BCUT2D eigenvalue weighted by Gasteiger charge is 2.37. The number of allylic oxidation sites excluding steroid dienone is 1. The Morgan fingerprint density at radius 1 is 1.22 bits per heavy atom. The van der Waals surface area contributed by atoms with Gasteiger partial charge in [0.2, 0.25) is 0 Å². The van der Waals surface area contributed by atoms with Gasteiger partial charge in [0.1, 0.15) is 0 Å². The summed E-state index contributed by atoms with van der Waals surface area (Å²) in [6.45, 7) is 1.99. The van der Waals surface area contributed by atoms with E-state index >= 15 is 0 Å². The van der Waals surface area contributed by atoms with Crippen LogP contribution in [-0.2, 0) is 20.9 Å². The van der Waals surface area contributed by atoms with Crippen LogP contribution in [0.5, 0.6) is 0 Å². The zero-order valence-electron chi connectivity index (χ0n) is 14.7. The molecular weight excluding hydrogens is 387 g/mol. The minimum absolute atomic E-state index is 0.193. The number of hydrogen-bond donors (Lipinski definition) is 0. The van der Waals surface area contributed by atoms with Crippen molar-refractivity contribution in [2.45, 2.75) is 13.5 Å². The number of aromatic nitrogens is 1. The summed E-state index contributed by atoms with van der Waals surface area (Å²) in [5.74, 6) is -0.920. The molecule has 0 spiro atoms. The molecule has 2 aromatic rings. The number of ether oxygens (including phenoxy) is 1. The highest BCUT2D eigenvalue weighted by Crippen LogP contribution is 2.35. The normalized spacial score (nSPS) is 15.6. The molecular formula is C20H16Cl2N2O3. The predicted molar refractivity (Wildman–Crippen MR) is 104 cm³/mol. The molecule has 7 heteroatoms. The van der Waals surface area contributed by atoms with Crippen molar-refractivity contribution in [3.8, 4) is 0 Å². The first-order valence-corrected chi connectivity index (χ1v) is 8.85. The SMILES string of the molecule is COC(=O)C1=C(C)N(Cc2cccnc2)C(=O)/C1=C\c1c(Cl)cccc1Cl. The number of benzene rings is 1. The van der Waals surface area contributed by atoms with Gasteiger partial charge in [-0.25, -0.2) is 4.79 Å². The van der Waals surface area contributed by atoms with E-state index in [1.54, 1.807) is 43.6 Å². The molecule has 0 unspecified atom stereocenters. The van der Waals surface area contributed by atoms with Gasteiger partial charge in [-0.15, -0.1) is 0 Å². The number of nitrogens with zero attached hydrogens (tertiary/aromatic N) is 2. The average molecular weight is 403 g/mol. The molecule has 1 aromatic heterocycles. The summed E-state index contributed by atoms with van der Waals surface area (Å²) >= 11 is 12.4. The lowest BCUT2D eigenvalue weighted by atomic mass is 10.0. The Hall–Kier alpha value is -2.63. The van der Waals surface area contributed by atoms with Gasteiger partial charge >= 0.3 is 5.97 Å². The van der Waals surface area contributed by atoms with Crippen LogP contribution >= 0.6 is 23.2 Å². The lowest BCUT2D eigenvalue weighted by Gasteiger charge is -2.17. The van der Waals surface area contributed by atoms with Crippen LogP contribution in [0.3, 0.4) is 0 Å². The summed E-state index contributed by atoms with van der Waals surface area (Å²) in [5, 5.41) is 0.769. The Balaban J connectivity index is 2.09. The lowest BCUT2D eigenvalue weighted by Crippen LogP contribution is -2.24.